The zero-order valence-electron chi connectivity index (χ0n) is 8.91. The molecule has 1 unspecified atom stereocenters. The Morgan fingerprint density at radius 3 is 2.53 bits per heavy atom. The maximum absolute atomic E-state index is 12.1. The van der Waals surface area contributed by atoms with Crippen molar-refractivity contribution in [2.45, 2.75) is 11.8 Å². The largest absolute Gasteiger partial charge is 0.507 e. The van der Waals surface area contributed by atoms with Gasteiger partial charge >= 0.3 is 5.97 Å². The van der Waals surface area contributed by atoms with Gasteiger partial charge in [-0.2, -0.15) is 0 Å². The van der Waals surface area contributed by atoms with Gasteiger partial charge in [-0.15, -0.1) is 0 Å². The van der Waals surface area contributed by atoms with Crippen molar-refractivity contribution in [3.63, 3.8) is 0 Å². The van der Waals surface area contributed by atoms with E-state index in [0.717, 1.165) is 0 Å². The van der Waals surface area contributed by atoms with Gasteiger partial charge in [-0.25, -0.2) is 8.42 Å². The highest BCUT2D eigenvalue weighted by Crippen LogP contribution is 2.41. The molecule has 1 heterocycles. The molecule has 1 aromatic carbocycles. The number of benzene rings is 1. The third-order valence-electron chi connectivity index (χ3n) is 2.70. The minimum Gasteiger partial charge on any atom is -0.507 e. The monoisotopic (exact) mass is 254 g/mol. The fraction of sp³-hybridized carbons (Fsp3) is 0.182. The number of hydrogen-bond acceptors (Lipinski definition) is 4. The Morgan fingerprint density at radius 2 is 2.00 bits per heavy atom. The van der Waals surface area contributed by atoms with E-state index in [9.17, 15) is 18.3 Å². The summed E-state index contributed by atoms with van der Waals surface area (Å²) >= 11 is 0. The van der Waals surface area contributed by atoms with E-state index in [0.29, 0.717) is 5.56 Å². The predicted octanol–water partition coefficient (Wildman–Crippen LogP) is 1.24. The van der Waals surface area contributed by atoms with Crippen molar-refractivity contribution in [2.75, 3.05) is 0 Å². The van der Waals surface area contributed by atoms with Gasteiger partial charge in [0.15, 0.2) is 0 Å². The second-order valence-electron chi connectivity index (χ2n) is 3.81. The zero-order chi connectivity index (χ0) is 12.8. The number of rotatable bonds is 2. The maximum Gasteiger partial charge on any atom is 0.311 e. The predicted molar refractivity (Wildman–Crippen MR) is 60.1 cm³/mol. The summed E-state index contributed by atoms with van der Waals surface area (Å²) in [6.45, 7) is 1.30. The number of hydrogen-bond donors (Lipinski definition) is 2. The molecule has 6 heteroatoms. The number of sulfone groups is 1. The number of carboxylic acids is 1. The Balaban J connectivity index is 2.66. The number of aliphatic carboxylic acids is 1. The standard InChI is InChI=1S/C11H10O5S/c1-6(11(13)14)9-5-7-3-2-4-8(12)10(7)17(9,15)16/h2-6,12H,1H3,(H,13,14). The second kappa shape index (κ2) is 3.59. The van der Waals surface area contributed by atoms with Gasteiger partial charge in [-0.1, -0.05) is 12.1 Å². The summed E-state index contributed by atoms with van der Waals surface area (Å²) in [6, 6.07) is 4.29. The van der Waals surface area contributed by atoms with Crippen LogP contribution in [0.1, 0.15) is 12.5 Å². The minimum atomic E-state index is -3.89. The molecular weight excluding hydrogens is 244 g/mol. The van der Waals surface area contributed by atoms with Crippen LogP contribution in [0.5, 0.6) is 5.75 Å². The summed E-state index contributed by atoms with van der Waals surface area (Å²) in [7, 11) is -3.89. The molecule has 0 amide bonds. The Kier molecular flexibility index (Phi) is 2.46. The van der Waals surface area contributed by atoms with Crippen LogP contribution in [0.3, 0.4) is 0 Å². The van der Waals surface area contributed by atoms with Crippen molar-refractivity contribution in [3.8, 4) is 5.75 Å². The van der Waals surface area contributed by atoms with Crippen molar-refractivity contribution in [1.82, 2.24) is 0 Å². The molecule has 0 aliphatic carbocycles. The first-order valence-corrected chi connectivity index (χ1v) is 6.35. The Labute approximate surface area is 97.9 Å². The molecule has 5 nitrogen and oxygen atoms in total. The zero-order valence-corrected chi connectivity index (χ0v) is 9.73. The fourth-order valence-corrected chi connectivity index (χ4v) is 3.64. The van der Waals surface area contributed by atoms with E-state index in [1.54, 1.807) is 0 Å². The molecule has 1 aromatic rings. The van der Waals surface area contributed by atoms with Gasteiger partial charge in [-0.05, 0) is 24.6 Å². The molecule has 0 bridgehead atoms. The van der Waals surface area contributed by atoms with Crippen molar-refractivity contribution < 1.29 is 23.4 Å². The van der Waals surface area contributed by atoms with E-state index >= 15 is 0 Å². The highest BCUT2D eigenvalue weighted by atomic mass is 32.2. The molecule has 0 fully saturated rings. The first-order chi connectivity index (χ1) is 7.85. The molecule has 0 spiro atoms. The molecule has 2 rings (SSSR count). The highest BCUT2D eigenvalue weighted by molar-refractivity contribution is 7.96. The topological polar surface area (TPSA) is 91.7 Å². The second-order valence-corrected chi connectivity index (χ2v) is 5.69. The maximum atomic E-state index is 12.1. The summed E-state index contributed by atoms with van der Waals surface area (Å²) < 4.78 is 24.1. The summed E-state index contributed by atoms with van der Waals surface area (Å²) in [5.41, 5.74) is 0.327. The molecule has 0 saturated heterocycles. The first kappa shape index (κ1) is 11.7. The lowest BCUT2D eigenvalue weighted by atomic mass is 10.1. The van der Waals surface area contributed by atoms with Gasteiger partial charge in [0.25, 0.3) is 0 Å². The summed E-state index contributed by atoms with van der Waals surface area (Å²) in [5.74, 6) is -2.70. The summed E-state index contributed by atoms with van der Waals surface area (Å²) in [5, 5.41) is 18.4. The molecule has 0 radical (unpaired) electrons. The molecule has 90 valence electrons. The smallest absolute Gasteiger partial charge is 0.311 e. The Bertz CT molecular complexity index is 627. The molecule has 1 atom stereocenters. The van der Waals surface area contributed by atoms with E-state index < -0.39 is 21.7 Å². The minimum absolute atomic E-state index is 0.193. The van der Waals surface area contributed by atoms with Crippen LogP contribution in [0.2, 0.25) is 0 Å². The molecule has 1 aliphatic heterocycles. The number of fused-ring (bicyclic) bond motifs is 1. The van der Waals surface area contributed by atoms with Crippen molar-refractivity contribution in [1.29, 1.82) is 0 Å². The number of phenolic OH excluding ortho intramolecular Hbond substituents is 1. The van der Waals surface area contributed by atoms with Crippen molar-refractivity contribution >= 4 is 21.9 Å². The number of carboxylic acid groups (broad SMARTS) is 1. The van der Waals surface area contributed by atoms with Gasteiger partial charge in [0.1, 0.15) is 10.6 Å². The fourth-order valence-electron chi connectivity index (χ4n) is 1.78. The van der Waals surface area contributed by atoms with E-state index in [2.05, 4.69) is 0 Å². The van der Waals surface area contributed by atoms with Crippen LogP contribution in [0.25, 0.3) is 6.08 Å². The lowest BCUT2D eigenvalue weighted by Crippen LogP contribution is -2.16. The van der Waals surface area contributed by atoms with Crippen LogP contribution in [-0.4, -0.2) is 24.6 Å². The molecule has 0 aromatic heterocycles. The van der Waals surface area contributed by atoms with E-state index in [-0.39, 0.29) is 15.6 Å². The van der Waals surface area contributed by atoms with Crippen LogP contribution < -0.4 is 0 Å². The first-order valence-electron chi connectivity index (χ1n) is 4.87. The molecular formula is C11H10O5S. The average Bonchev–Trinajstić information content (AvgIpc) is 2.50. The normalized spacial score (nSPS) is 18.3. The van der Waals surface area contributed by atoms with E-state index in [1.165, 1.54) is 31.2 Å². The molecule has 2 N–H and O–H groups in total. The Morgan fingerprint density at radius 1 is 1.35 bits per heavy atom. The SMILES string of the molecule is CC(C(=O)O)C1=Cc2cccc(O)c2S1(=O)=O. The quantitative estimate of drug-likeness (QED) is 0.828. The highest BCUT2D eigenvalue weighted by Gasteiger charge is 2.37. The number of phenols is 1. The van der Waals surface area contributed by atoms with Crippen LogP contribution in [0.4, 0.5) is 0 Å². The molecule has 1 aliphatic rings. The van der Waals surface area contributed by atoms with E-state index in [1.807, 2.05) is 0 Å². The van der Waals surface area contributed by atoms with Gasteiger partial charge in [0.05, 0.1) is 10.8 Å². The van der Waals surface area contributed by atoms with Crippen LogP contribution in [-0.2, 0) is 14.6 Å². The van der Waals surface area contributed by atoms with Crippen molar-refractivity contribution in [2.24, 2.45) is 5.92 Å². The van der Waals surface area contributed by atoms with Crippen LogP contribution in [0.15, 0.2) is 28.0 Å². The van der Waals surface area contributed by atoms with Crippen LogP contribution >= 0.6 is 0 Å². The molecule has 0 saturated carbocycles. The third kappa shape index (κ3) is 1.61. The van der Waals surface area contributed by atoms with Gasteiger partial charge in [0, 0.05) is 0 Å². The summed E-state index contributed by atoms with van der Waals surface area (Å²) in [4.78, 5) is 10.4. The third-order valence-corrected chi connectivity index (χ3v) is 4.77. The Hall–Kier alpha value is -1.82. The number of aromatic hydroxyl groups is 1. The van der Waals surface area contributed by atoms with Gasteiger partial charge < -0.3 is 10.2 Å². The lowest BCUT2D eigenvalue weighted by Gasteiger charge is -2.08. The van der Waals surface area contributed by atoms with Gasteiger partial charge in [-0.3, -0.25) is 4.79 Å². The molecule has 17 heavy (non-hydrogen) atoms. The van der Waals surface area contributed by atoms with Crippen LogP contribution in [0, 0.1) is 5.92 Å². The van der Waals surface area contributed by atoms with Gasteiger partial charge in [0.2, 0.25) is 9.84 Å². The number of carbonyl (C=O) groups is 1. The lowest BCUT2D eigenvalue weighted by molar-refractivity contribution is -0.139. The average molecular weight is 254 g/mol. The van der Waals surface area contributed by atoms with Crippen molar-refractivity contribution in [3.05, 3.63) is 28.7 Å². The van der Waals surface area contributed by atoms with E-state index in [4.69, 9.17) is 5.11 Å². The summed E-state index contributed by atoms with van der Waals surface area (Å²) in [6.07, 6.45) is 1.29.